The predicted molar refractivity (Wildman–Crippen MR) is 112 cm³/mol. The van der Waals surface area contributed by atoms with Gasteiger partial charge in [0.15, 0.2) is 0 Å². The molecule has 8 heteroatoms. The van der Waals surface area contributed by atoms with Crippen molar-refractivity contribution in [3.8, 4) is 11.6 Å². The van der Waals surface area contributed by atoms with Gasteiger partial charge in [-0.15, -0.1) is 0 Å². The minimum absolute atomic E-state index is 0.180. The van der Waals surface area contributed by atoms with Crippen LogP contribution in [0.2, 0.25) is 0 Å². The number of nitrogens with zero attached hydrogens (tertiary/aromatic N) is 2. The molecule has 0 spiro atoms. The summed E-state index contributed by atoms with van der Waals surface area (Å²) >= 11 is 0. The standard InChI is InChI=1S/C21H20N4O4/c1-12-8-9-15(10-13(12)2)25-20(28)16(19(27)24-21(25)29)11-22-17-6-4-5-7-18(17)23-14(3)26/h4-11,28H,1-3H3,(H,23,26)(H,24,27,29). The fraction of sp³-hybridized carbons (Fsp3) is 0.143. The lowest BCUT2D eigenvalue weighted by atomic mass is 10.1. The summed E-state index contributed by atoms with van der Waals surface area (Å²) in [4.78, 5) is 42.3. The SMILES string of the molecule is CC(=O)Nc1ccccc1N=Cc1c(O)n(-c2ccc(C)c(C)c2)c(=O)[nH]c1=O. The fourth-order valence-corrected chi connectivity index (χ4v) is 2.77. The Bertz CT molecular complexity index is 1240. The molecular weight excluding hydrogens is 372 g/mol. The number of aryl methyl sites for hydroxylation is 2. The second-order valence-electron chi connectivity index (χ2n) is 6.56. The average Bonchev–Trinajstić information content (AvgIpc) is 2.65. The largest absolute Gasteiger partial charge is 0.493 e. The summed E-state index contributed by atoms with van der Waals surface area (Å²) in [5.41, 5.74) is 1.52. The van der Waals surface area contributed by atoms with E-state index in [4.69, 9.17) is 0 Å². The second-order valence-corrected chi connectivity index (χ2v) is 6.56. The molecule has 8 nitrogen and oxygen atoms in total. The van der Waals surface area contributed by atoms with Crippen molar-refractivity contribution < 1.29 is 9.90 Å². The van der Waals surface area contributed by atoms with E-state index in [1.165, 1.54) is 6.92 Å². The number of nitrogens with one attached hydrogen (secondary N) is 2. The van der Waals surface area contributed by atoms with Gasteiger partial charge in [-0.25, -0.2) is 9.36 Å². The third-order valence-electron chi connectivity index (χ3n) is 4.42. The Balaban J connectivity index is 2.11. The van der Waals surface area contributed by atoms with E-state index in [9.17, 15) is 19.5 Å². The number of H-pyrrole nitrogens is 1. The minimum Gasteiger partial charge on any atom is -0.493 e. The van der Waals surface area contributed by atoms with Crippen LogP contribution in [0.4, 0.5) is 11.4 Å². The highest BCUT2D eigenvalue weighted by atomic mass is 16.3. The van der Waals surface area contributed by atoms with Gasteiger partial charge in [0.1, 0.15) is 5.56 Å². The number of aromatic amines is 1. The number of benzene rings is 2. The van der Waals surface area contributed by atoms with Crippen molar-refractivity contribution >= 4 is 23.5 Å². The molecule has 0 unspecified atom stereocenters. The van der Waals surface area contributed by atoms with Gasteiger partial charge in [0.05, 0.1) is 17.1 Å². The zero-order valence-corrected chi connectivity index (χ0v) is 16.2. The van der Waals surface area contributed by atoms with Crippen LogP contribution in [0, 0.1) is 13.8 Å². The van der Waals surface area contributed by atoms with Crippen LogP contribution >= 0.6 is 0 Å². The Hall–Kier alpha value is -3.94. The number of rotatable bonds is 4. The summed E-state index contributed by atoms with van der Waals surface area (Å²) in [6.45, 7) is 5.18. The lowest BCUT2D eigenvalue weighted by molar-refractivity contribution is -0.114. The normalized spacial score (nSPS) is 11.0. The number of hydrogen-bond donors (Lipinski definition) is 3. The van der Waals surface area contributed by atoms with E-state index in [0.29, 0.717) is 17.1 Å². The Labute approximate surface area is 166 Å². The highest BCUT2D eigenvalue weighted by Gasteiger charge is 2.15. The molecule has 0 radical (unpaired) electrons. The summed E-state index contributed by atoms with van der Waals surface area (Å²) in [7, 11) is 0. The van der Waals surface area contributed by atoms with Gasteiger partial charge in [-0.2, -0.15) is 0 Å². The number of aliphatic imine (C=N–C) groups is 1. The van der Waals surface area contributed by atoms with Crippen LogP contribution in [0.25, 0.3) is 5.69 Å². The molecule has 0 bridgehead atoms. The average molecular weight is 392 g/mol. The number of amides is 1. The van der Waals surface area contributed by atoms with Crippen LogP contribution in [0.1, 0.15) is 23.6 Å². The lowest BCUT2D eigenvalue weighted by Gasteiger charge is -2.11. The Morgan fingerprint density at radius 3 is 2.55 bits per heavy atom. The maximum Gasteiger partial charge on any atom is 0.335 e. The van der Waals surface area contributed by atoms with Crippen molar-refractivity contribution in [3.05, 3.63) is 80.0 Å². The second kappa shape index (κ2) is 7.97. The van der Waals surface area contributed by atoms with Crippen molar-refractivity contribution in [2.75, 3.05) is 5.32 Å². The van der Waals surface area contributed by atoms with E-state index in [2.05, 4.69) is 15.3 Å². The van der Waals surface area contributed by atoms with Crippen molar-refractivity contribution in [2.24, 2.45) is 4.99 Å². The Morgan fingerprint density at radius 2 is 1.86 bits per heavy atom. The molecule has 0 saturated heterocycles. The summed E-state index contributed by atoms with van der Waals surface area (Å²) in [6.07, 6.45) is 1.16. The highest BCUT2D eigenvalue weighted by molar-refractivity contribution is 5.93. The number of carbonyl (C=O) groups excluding carboxylic acids is 1. The number of aromatic hydroxyl groups is 1. The third-order valence-corrected chi connectivity index (χ3v) is 4.42. The molecule has 148 valence electrons. The quantitative estimate of drug-likeness (QED) is 0.592. The van der Waals surface area contributed by atoms with E-state index >= 15 is 0 Å². The maximum atomic E-state index is 12.3. The van der Waals surface area contributed by atoms with Crippen LogP contribution in [-0.2, 0) is 4.79 Å². The highest BCUT2D eigenvalue weighted by Crippen LogP contribution is 2.25. The van der Waals surface area contributed by atoms with E-state index in [1.807, 2.05) is 19.9 Å². The monoisotopic (exact) mass is 392 g/mol. The first-order chi connectivity index (χ1) is 13.8. The van der Waals surface area contributed by atoms with Crippen molar-refractivity contribution in [3.63, 3.8) is 0 Å². The van der Waals surface area contributed by atoms with Gasteiger partial charge >= 0.3 is 5.69 Å². The minimum atomic E-state index is -0.770. The summed E-state index contributed by atoms with van der Waals surface area (Å²) in [6, 6.07) is 12.0. The first kappa shape index (κ1) is 19.8. The molecule has 2 aromatic carbocycles. The third kappa shape index (κ3) is 4.16. The molecule has 0 aliphatic carbocycles. The fourth-order valence-electron chi connectivity index (χ4n) is 2.77. The van der Waals surface area contributed by atoms with Crippen LogP contribution in [0.3, 0.4) is 0 Å². The molecule has 3 N–H and O–H groups in total. The molecule has 0 saturated carbocycles. The molecule has 0 aliphatic rings. The maximum absolute atomic E-state index is 12.3. The van der Waals surface area contributed by atoms with Crippen LogP contribution in [0.15, 0.2) is 57.0 Å². The Morgan fingerprint density at radius 1 is 1.14 bits per heavy atom. The smallest absolute Gasteiger partial charge is 0.335 e. The molecule has 3 aromatic rings. The van der Waals surface area contributed by atoms with Crippen LogP contribution in [-0.4, -0.2) is 26.8 Å². The molecular formula is C21H20N4O4. The first-order valence-corrected chi connectivity index (χ1v) is 8.84. The number of aromatic nitrogens is 2. The molecule has 1 heterocycles. The lowest BCUT2D eigenvalue weighted by Crippen LogP contribution is -2.31. The van der Waals surface area contributed by atoms with Gasteiger partial charge in [0, 0.05) is 13.1 Å². The molecule has 1 aromatic heterocycles. The van der Waals surface area contributed by atoms with Gasteiger partial charge in [-0.05, 0) is 49.2 Å². The van der Waals surface area contributed by atoms with Gasteiger partial charge < -0.3 is 10.4 Å². The van der Waals surface area contributed by atoms with Gasteiger partial charge in [-0.1, -0.05) is 18.2 Å². The van der Waals surface area contributed by atoms with Gasteiger partial charge in [0.2, 0.25) is 11.8 Å². The first-order valence-electron chi connectivity index (χ1n) is 8.84. The van der Waals surface area contributed by atoms with Crippen LogP contribution in [0.5, 0.6) is 5.88 Å². The topological polar surface area (TPSA) is 117 Å². The van der Waals surface area contributed by atoms with Crippen molar-refractivity contribution in [1.29, 1.82) is 0 Å². The number of hydrogen-bond acceptors (Lipinski definition) is 5. The van der Waals surface area contributed by atoms with Crippen LogP contribution < -0.4 is 16.6 Å². The number of carbonyl (C=O) groups is 1. The molecule has 0 aliphatic heterocycles. The summed E-state index contributed by atoms with van der Waals surface area (Å²) in [5.74, 6) is -0.792. The zero-order chi connectivity index (χ0) is 21.1. The van der Waals surface area contributed by atoms with Crippen molar-refractivity contribution in [2.45, 2.75) is 20.8 Å². The molecule has 0 atom stereocenters. The molecule has 1 amide bonds. The molecule has 0 fully saturated rings. The van der Waals surface area contributed by atoms with E-state index < -0.39 is 17.1 Å². The molecule has 29 heavy (non-hydrogen) atoms. The number of anilines is 1. The number of para-hydroxylation sites is 2. The zero-order valence-electron chi connectivity index (χ0n) is 16.2. The summed E-state index contributed by atoms with van der Waals surface area (Å²) < 4.78 is 1.01. The van der Waals surface area contributed by atoms with Gasteiger partial charge in [0.25, 0.3) is 5.56 Å². The Kier molecular flexibility index (Phi) is 5.45. The van der Waals surface area contributed by atoms with E-state index in [-0.39, 0.29) is 11.5 Å². The summed E-state index contributed by atoms with van der Waals surface area (Å²) in [5, 5.41) is 13.3. The van der Waals surface area contributed by atoms with Gasteiger partial charge in [-0.3, -0.25) is 19.6 Å². The van der Waals surface area contributed by atoms with Crippen molar-refractivity contribution in [1.82, 2.24) is 9.55 Å². The van der Waals surface area contributed by atoms with E-state index in [0.717, 1.165) is 21.9 Å². The molecule has 3 rings (SSSR count). The predicted octanol–water partition coefficient (Wildman–Crippen LogP) is 2.56. The van der Waals surface area contributed by atoms with E-state index in [1.54, 1.807) is 36.4 Å².